The minimum absolute atomic E-state index is 0.0603. The third-order valence-electron chi connectivity index (χ3n) is 2.18. The summed E-state index contributed by atoms with van der Waals surface area (Å²) in [5.74, 6) is 1.28. The number of nitrogens with zero attached hydrogens (tertiary/aromatic N) is 1. The van der Waals surface area contributed by atoms with E-state index in [-0.39, 0.29) is 5.91 Å². The Balaban J connectivity index is 2.26. The van der Waals surface area contributed by atoms with Crippen LogP contribution in [0.4, 0.5) is 5.69 Å². The average molecular weight is 244 g/mol. The van der Waals surface area contributed by atoms with Crippen LogP contribution in [0.15, 0.2) is 24.3 Å². The van der Waals surface area contributed by atoms with Gasteiger partial charge in [0.1, 0.15) is 5.75 Å². The van der Waals surface area contributed by atoms with Gasteiger partial charge in [-0.3, -0.25) is 4.79 Å². The van der Waals surface area contributed by atoms with Crippen LogP contribution in [0.3, 0.4) is 0 Å². The van der Waals surface area contributed by atoms with Gasteiger partial charge >= 0.3 is 0 Å². The van der Waals surface area contributed by atoms with E-state index in [2.05, 4.69) is 0 Å². The molecular formula is C10H10ClNO2S. The van der Waals surface area contributed by atoms with Crippen molar-refractivity contribution in [2.24, 2.45) is 0 Å². The second-order valence-corrected chi connectivity index (χ2v) is 4.84. The number of hydrogen-bond donors (Lipinski definition) is 0. The molecule has 1 saturated heterocycles. The van der Waals surface area contributed by atoms with Crippen LogP contribution in [0.25, 0.3) is 0 Å². The fourth-order valence-electron chi connectivity index (χ4n) is 1.38. The quantitative estimate of drug-likeness (QED) is 0.747. The molecule has 1 amide bonds. The Hall–Kier alpha value is -0.870. The van der Waals surface area contributed by atoms with Crippen molar-refractivity contribution in [2.45, 2.75) is 4.71 Å². The second-order valence-electron chi connectivity index (χ2n) is 3.08. The molecule has 15 heavy (non-hydrogen) atoms. The highest BCUT2D eigenvalue weighted by molar-refractivity contribution is 8.02. The molecule has 1 heterocycles. The highest BCUT2D eigenvalue weighted by Gasteiger charge is 2.31. The van der Waals surface area contributed by atoms with Crippen LogP contribution in [0.1, 0.15) is 0 Å². The van der Waals surface area contributed by atoms with E-state index < -0.39 is 4.71 Å². The van der Waals surface area contributed by atoms with Crippen LogP contribution in [0, 0.1) is 0 Å². The summed E-state index contributed by atoms with van der Waals surface area (Å²) in [6.45, 7) is 0. The van der Waals surface area contributed by atoms with E-state index >= 15 is 0 Å². The molecule has 1 aromatic rings. The molecule has 0 saturated carbocycles. The van der Waals surface area contributed by atoms with Gasteiger partial charge in [-0.1, -0.05) is 6.07 Å². The summed E-state index contributed by atoms with van der Waals surface area (Å²) in [7, 11) is 1.60. The Bertz CT molecular complexity index is 385. The highest BCUT2D eigenvalue weighted by atomic mass is 35.5. The maximum atomic E-state index is 11.6. The van der Waals surface area contributed by atoms with E-state index in [9.17, 15) is 4.79 Å². The van der Waals surface area contributed by atoms with Crippen molar-refractivity contribution in [1.29, 1.82) is 0 Å². The third kappa shape index (κ3) is 2.06. The van der Waals surface area contributed by atoms with Gasteiger partial charge < -0.3 is 9.64 Å². The number of benzene rings is 1. The maximum Gasteiger partial charge on any atom is 0.256 e. The van der Waals surface area contributed by atoms with Gasteiger partial charge in [-0.2, -0.15) is 0 Å². The topological polar surface area (TPSA) is 29.5 Å². The van der Waals surface area contributed by atoms with E-state index in [0.29, 0.717) is 5.88 Å². The van der Waals surface area contributed by atoms with Gasteiger partial charge in [-0.05, 0) is 12.1 Å². The zero-order valence-electron chi connectivity index (χ0n) is 8.14. The van der Waals surface area contributed by atoms with Gasteiger partial charge in [0.25, 0.3) is 5.91 Å². The first-order chi connectivity index (χ1) is 7.22. The molecule has 1 atom stereocenters. The van der Waals surface area contributed by atoms with Crippen molar-refractivity contribution in [3.63, 3.8) is 0 Å². The van der Waals surface area contributed by atoms with Crippen molar-refractivity contribution in [1.82, 2.24) is 0 Å². The predicted molar refractivity (Wildman–Crippen MR) is 62.6 cm³/mol. The van der Waals surface area contributed by atoms with E-state index in [4.69, 9.17) is 16.3 Å². The minimum Gasteiger partial charge on any atom is -0.497 e. The summed E-state index contributed by atoms with van der Waals surface area (Å²) < 4.78 is 4.64. The first-order valence-corrected chi connectivity index (χ1v) is 5.92. The van der Waals surface area contributed by atoms with Crippen LogP contribution in [-0.4, -0.2) is 23.6 Å². The molecule has 0 spiro atoms. The Morgan fingerprint density at radius 3 is 3.00 bits per heavy atom. The van der Waals surface area contributed by atoms with Crippen molar-refractivity contribution < 1.29 is 9.53 Å². The Morgan fingerprint density at radius 1 is 1.60 bits per heavy atom. The summed E-state index contributed by atoms with van der Waals surface area (Å²) >= 11 is 7.24. The standard InChI is InChI=1S/C10H10ClNO2S/c1-14-8-4-2-3-7(5-8)12-6-15-9(11)10(12)13/h2-5,9H,6H2,1H3. The number of hydrogen-bond acceptors (Lipinski definition) is 3. The van der Waals surface area contributed by atoms with Crippen LogP contribution in [0.5, 0.6) is 5.75 Å². The normalized spacial score (nSPS) is 20.8. The van der Waals surface area contributed by atoms with Crippen LogP contribution in [-0.2, 0) is 4.79 Å². The van der Waals surface area contributed by atoms with Crippen LogP contribution in [0.2, 0.25) is 0 Å². The third-order valence-corrected chi connectivity index (χ3v) is 3.64. The SMILES string of the molecule is COc1cccc(N2CSC(Cl)C2=O)c1. The molecule has 2 rings (SSSR count). The number of anilines is 1. The Kier molecular flexibility index (Phi) is 3.07. The van der Waals surface area contributed by atoms with Crippen LogP contribution >= 0.6 is 23.4 Å². The summed E-state index contributed by atoms with van der Waals surface area (Å²) in [5.41, 5.74) is 0.829. The van der Waals surface area contributed by atoms with Gasteiger partial charge in [0.05, 0.1) is 13.0 Å². The lowest BCUT2D eigenvalue weighted by atomic mass is 10.3. The molecule has 0 aromatic heterocycles. The van der Waals surface area contributed by atoms with Crippen molar-refractivity contribution >= 4 is 35.0 Å². The number of amides is 1. The number of carbonyl (C=O) groups excluding carboxylic acids is 1. The molecule has 80 valence electrons. The maximum absolute atomic E-state index is 11.6. The number of ether oxygens (including phenoxy) is 1. The molecule has 1 aliphatic heterocycles. The molecule has 0 bridgehead atoms. The first kappa shape index (κ1) is 10.6. The molecule has 5 heteroatoms. The van der Waals surface area contributed by atoms with E-state index in [0.717, 1.165) is 11.4 Å². The molecule has 0 aliphatic carbocycles. The minimum atomic E-state index is -0.462. The molecule has 1 fully saturated rings. The van der Waals surface area contributed by atoms with Gasteiger partial charge in [0.2, 0.25) is 0 Å². The van der Waals surface area contributed by atoms with Gasteiger partial charge in [0.15, 0.2) is 4.71 Å². The average Bonchev–Trinajstić information content (AvgIpc) is 2.60. The number of methoxy groups -OCH3 is 1. The lowest BCUT2D eigenvalue weighted by Gasteiger charge is -2.15. The molecule has 0 radical (unpaired) electrons. The lowest BCUT2D eigenvalue weighted by molar-refractivity contribution is -0.116. The lowest BCUT2D eigenvalue weighted by Crippen LogP contribution is -2.27. The number of alkyl halides is 1. The summed E-state index contributed by atoms with van der Waals surface area (Å²) in [5, 5.41) is 0. The fraction of sp³-hybridized carbons (Fsp3) is 0.300. The summed E-state index contributed by atoms with van der Waals surface area (Å²) in [6, 6.07) is 7.40. The molecular weight excluding hydrogens is 234 g/mol. The monoisotopic (exact) mass is 243 g/mol. The molecule has 1 aromatic carbocycles. The van der Waals surface area contributed by atoms with Gasteiger partial charge in [0, 0.05) is 11.8 Å². The van der Waals surface area contributed by atoms with Gasteiger partial charge in [-0.25, -0.2) is 0 Å². The number of thioether (sulfide) groups is 1. The zero-order valence-corrected chi connectivity index (χ0v) is 9.72. The van der Waals surface area contributed by atoms with Gasteiger partial charge in [-0.15, -0.1) is 23.4 Å². The van der Waals surface area contributed by atoms with Crippen molar-refractivity contribution in [3.8, 4) is 5.75 Å². The van der Waals surface area contributed by atoms with E-state index in [1.807, 2.05) is 24.3 Å². The number of carbonyl (C=O) groups is 1. The summed E-state index contributed by atoms with van der Waals surface area (Å²) in [6.07, 6.45) is 0. The second kappa shape index (κ2) is 4.33. The summed E-state index contributed by atoms with van der Waals surface area (Å²) in [4.78, 5) is 13.3. The molecule has 0 N–H and O–H groups in total. The Labute approximate surface area is 97.3 Å². The molecule has 1 unspecified atom stereocenters. The molecule has 3 nitrogen and oxygen atoms in total. The smallest absolute Gasteiger partial charge is 0.256 e. The number of rotatable bonds is 2. The van der Waals surface area contributed by atoms with Crippen molar-refractivity contribution in [2.75, 3.05) is 17.9 Å². The van der Waals surface area contributed by atoms with E-state index in [1.54, 1.807) is 12.0 Å². The van der Waals surface area contributed by atoms with Crippen molar-refractivity contribution in [3.05, 3.63) is 24.3 Å². The highest BCUT2D eigenvalue weighted by Crippen LogP contribution is 2.32. The van der Waals surface area contributed by atoms with Crippen LogP contribution < -0.4 is 9.64 Å². The predicted octanol–water partition coefficient (Wildman–Crippen LogP) is 2.30. The first-order valence-electron chi connectivity index (χ1n) is 4.43. The van der Waals surface area contributed by atoms with E-state index in [1.165, 1.54) is 11.8 Å². The number of halogens is 1. The molecule has 1 aliphatic rings. The Morgan fingerprint density at radius 2 is 2.40 bits per heavy atom. The zero-order chi connectivity index (χ0) is 10.8. The fourth-order valence-corrected chi connectivity index (χ4v) is 2.49. The largest absolute Gasteiger partial charge is 0.497 e.